The molecule has 3 rings (SSSR count). The molecule has 24 heavy (non-hydrogen) atoms. The molecule has 0 N–H and O–H groups in total. The maximum absolute atomic E-state index is 12.4. The second-order valence-corrected chi connectivity index (χ2v) is 7.01. The van der Waals surface area contributed by atoms with E-state index in [0.29, 0.717) is 29.3 Å². The highest BCUT2D eigenvalue weighted by molar-refractivity contribution is 6.32. The molecule has 0 bridgehead atoms. The molecule has 2 aliphatic heterocycles. The van der Waals surface area contributed by atoms with Crippen LogP contribution < -0.4 is 9.64 Å². The summed E-state index contributed by atoms with van der Waals surface area (Å²) < 4.78 is 5.10. The molecule has 2 aliphatic rings. The third kappa shape index (κ3) is 4.09. The Bertz CT molecular complexity index is 578. The van der Waals surface area contributed by atoms with Crippen molar-refractivity contribution in [2.24, 2.45) is 5.92 Å². The fraction of sp³-hybridized carbons (Fsp3) is 0.706. The summed E-state index contributed by atoms with van der Waals surface area (Å²) in [7, 11) is 1.55. The zero-order valence-electron chi connectivity index (χ0n) is 14.2. The largest absolute Gasteiger partial charge is 0.467 e. The molecule has 0 aliphatic carbocycles. The number of hydrogen-bond acceptors (Lipinski definition) is 5. The summed E-state index contributed by atoms with van der Waals surface area (Å²) in [4.78, 5) is 25.0. The first-order chi connectivity index (χ1) is 11.7. The van der Waals surface area contributed by atoms with Gasteiger partial charge in [-0.15, -0.1) is 0 Å². The summed E-state index contributed by atoms with van der Waals surface area (Å²) >= 11 is 6.26. The van der Waals surface area contributed by atoms with Gasteiger partial charge in [-0.25, -0.2) is 4.98 Å². The average molecular weight is 353 g/mol. The van der Waals surface area contributed by atoms with Gasteiger partial charge < -0.3 is 14.5 Å². The van der Waals surface area contributed by atoms with E-state index >= 15 is 0 Å². The maximum Gasteiger partial charge on any atom is 0.318 e. The van der Waals surface area contributed by atoms with Crippen LogP contribution in [0.1, 0.15) is 38.5 Å². The molecular formula is C17H25ClN4O2. The number of anilines is 1. The van der Waals surface area contributed by atoms with Crippen molar-refractivity contribution in [2.45, 2.75) is 38.5 Å². The number of carbonyl (C=O) groups is 1. The molecule has 1 aromatic rings. The van der Waals surface area contributed by atoms with Gasteiger partial charge in [0.05, 0.1) is 13.3 Å². The number of nitrogens with zero attached hydrogens (tertiary/aromatic N) is 4. The second kappa shape index (κ2) is 8.01. The second-order valence-electron chi connectivity index (χ2n) is 6.60. The van der Waals surface area contributed by atoms with E-state index < -0.39 is 0 Å². The Balaban J connectivity index is 1.59. The van der Waals surface area contributed by atoms with Crippen LogP contribution in [0.2, 0.25) is 5.02 Å². The summed E-state index contributed by atoms with van der Waals surface area (Å²) in [5.74, 6) is 1.51. The summed E-state index contributed by atoms with van der Waals surface area (Å²) in [5, 5.41) is 0.544. The fourth-order valence-electron chi connectivity index (χ4n) is 3.59. The predicted octanol–water partition coefficient (Wildman–Crippen LogP) is 2.76. The summed E-state index contributed by atoms with van der Waals surface area (Å²) in [5.41, 5.74) is 0. The number of carbonyl (C=O) groups excluding carboxylic acids is 1. The van der Waals surface area contributed by atoms with Crippen molar-refractivity contribution in [1.29, 1.82) is 0 Å². The van der Waals surface area contributed by atoms with Crippen molar-refractivity contribution in [3.63, 3.8) is 0 Å². The van der Waals surface area contributed by atoms with Gasteiger partial charge in [0.1, 0.15) is 5.02 Å². The van der Waals surface area contributed by atoms with Crippen LogP contribution in [0.5, 0.6) is 6.01 Å². The molecule has 2 fully saturated rings. The van der Waals surface area contributed by atoms with E-state index in [4.69, 9.17) is 16.3 Å². The predicted molar refractivity (Wildman–Crippen MR) is 93.6 cm³/mol. The van der Waals surface area contributed by atoms with E-state index in [1.807, 2.05) is 4.90 Å². The van der Waals surface area contributed by atoms with Crippen LogP contribution >= 0.6 is 11.6 Å². The van der Waals surface area contributed by atoms with E-state index in [1.165, 1.54) is 0 Å². The Morgan fingerprint density at radius 1 is 1.25 bits per heavy atom. The average Bonchev–Trinajstić information content (AvgIpc) is 3.04. The highest BCUT2D eigenvalue weighted by Gasteiger charge is 2.25. The lowest BCUT2D eigenvalue weighted by Gasteiger charge is -2.23. The molecule has 1 amide bonds. The van der Waals surface area contributed by atoms with Crippen LogP contribution in [0, 0.1) is 5.92 Å². The van der Waals surface area contributed by atoms with Crippen LogP contribution in [0.3, 0.4) is 0 Å². The van der Waals surface area contributed by atoms with Gasteiger partial charge in [-0.1, -0.05) is 11.6 Å². The Morgan fingerprint density at radius 3 is 2.79 bits per heavy atom. The summed E-state index contributed by atoms with van der Waals surface area (Å²) in [6.07, 6.45) is 7.67. The minimum Gasteiger partial charge on any atom is -0.467 e. The van der Waals surface area contributed by atoms with Crippen LogP contribution in [0.25, 0.3) is 0 Å². The van der Waals surface area contributed by atoms with Crippen molar-refractivity contribution in [2.75, 3.05) is 38.2 Å². The highest BCUT2D eigenvalue weighted by atomic mass is 35.5. The molecule has 0 radical (unpaired) electrons. The molecule has 0 saturated carbocycles. The molecule has 1 unspecified atom stereocenters. The summed E-state index contributed by atoms with van der Waals surface area (Å²) in [6.45, 7) is 3.63. The van der Waals surface area contributed by atoms with E-state index in [9.17, 15) is 4.79 Å². The Kier molecular flexibility index (Phi) is 5.76. The van der Waals surface area contributed by atoms with Gasteiger partial charge in [-0.3, -0.25) is 4.79 Å². The molecule has 132 valence electrons. The smallest absolute Gasteiger partial charge is 0.318 e. The van der Waals surface area contributed by atoms with Crippen LogP contribution in [0.15, 0.2) is 6.20 Å². The topological polar surface area (TPSA) is 58.6 Å². The molecule has 3 heterocycles. The van der Waals surface area contributed by atoms with Crippen molar-refractivity contribution in [3.05, 3.63) is 11.2 Å². The van der Waals surface area contributed by atoms with Crippen molar-refractivity contribution < 1.29 is 9.53 Å². The quantitative estimate of drug-likeness (QED) is 0.834. The van der Waals surface area contributed by atoms with Crippen LogP contribution in [-0.2, 0) is 4.79 Å². The molecule has 0 spiro atoms. The van der Waals surface area contributed by atoms with Gasteiger partial charge in [0.2, 0.25) is 5.91 Å². The van der Waals surface area contributed by atoms with Gasteiger partial charge in [-0.05, 0) is 38.0 Å². The monoisotopic (exact) mass is 352 g/mol. The first-order valence-electron chi connectivity index (χ1n) is 8.76. The van der Waals surface area contributed by atoms with E-state index in [2.05, 4.69) is 14.9 Å². The number of aromatic nitrogens is 2. The van der Waals surface area contributed by atoms with Crippen molar-refractivity contribution >= 4 is 23.3 Å². The third-order valence-corrected chi connectivity index (χ3v) is 5.22. The number of hydrogen-bond donors (Lipinski definition) is 0. The number of halogens is 1. The maximum atomic E-state index is 12.4. The number of ether oxygens (including phenoxy) is 1. The SMILES string of the molecule is COc1ncc(Cl)c(N2CCCC(CC(=O)N3CCCC3)CC2)n1. The summed E-state index contributed by atoms with van der Waals surface area (Å²) in [6, 6.07) is 0.333. The van der Waals surface area contributed by atoms with Gasteiger partial charge in [0.25, 0.3) is 0 Å². The molecule has 7 heteroatoms. The Morgan fingerprint density at radius 2 is 2.04 bits per heavy atom. The lowest BCUT2D eigenvalue weighted by Crippen LogP contribution is -2.30. The zero-order valence-corrected chi connectivity index (χ0v) is 15.0. The van der Waals surface area contributed by atoms with Crippen LogP contribution in [0.4, 0.5) is 5.82 Å². The minimum atomic E-state index is 0.327. The first kappa shape index (κ1) is 17.3. The fourth-order valence-corrected chi connectivity index (χ4v) is 3.80. The number of methoxy groups -OCH3 is 1. The minimum absolute atomic E-state index is 0.327. The lowest BCUT2D eigenvalue weighted by molar-refractivity contribution is -0.131. The molecule has 2 saturated heterocycles. The molecule has 1 aromatic heterocycles. The van der Waals surface area contributed by atoms with E-state index in [-0.39, 0.29) is 0 Å². The number of rotatable bonds is 4. The van der Waals surface area contributed by atoms with Gasteiger partial charge in [-0.2, -0.15) is 4.98 Å². The van der Waals surface area contributed by atoms with Crippen molar-refractivity contribution in [3.8, 4) is 6.01 Å². The zero-order chi connectivity index (χ0) is 16.9. The number of likely N-dealkylation sites (tertiary alicyclic amines) is 1. The third-order valence-electron chi connectivity index (χ3n) is 4.96. The van der Waals surface area contributed by atoms with Crippen molar-refractivity contribution in [1.82, 2.24) is 14.9 Å². The first-order valence-corrected chi connectivity index (χ1v) is 9.14. The highest BCUT2D eigenvalue weighted by Crippen LogP contribution is 2.29. The normalized spacial score (nSPS) is 21.7. The standard InChI is InChI=1S/C17H25ClN4O2/c1-24-17-19-12-14(18)16(20-17)22-9-4-5-13(6-10-22)11-15(23)21-7-2-3-8-21/h12-13H,2-11H2,1H3. The van der Waals surface area contributed by atoms with Gasteiger partial charge in [0.15, 0.2) is 5.82 Å². The molecule has 6 nitrogen and oxygen atoms in total. The Labute approximate surface area is 148 Å². The molecule has 1 atom stereocenters. The van der Waals surface area contributed by atoms with Gasteiger partial charge in [0, 0.05) is 32.6 Å². The Hall–Kier alpha value is -1.56. The molecular weight excluding hydrogens is 328 g/mol. The van der Waals surface area contributed by atoms with E-state index in [1.54, 1.807) is 13.3 Å². The van der Waals surface area contributed by atoms with E-state index in [0.717, 1.165) is 64.1 Å². The number of amides is 1. The lowest BCUT2D eigenvalue weighted by atomic mass is 9.96. The van der Waals surface area contributed by atoms with Gasteiger partial charge >= 0.3 is 6.01 Å². The molecule has 0 aromatic carbocycles. The van der Waals surface area contributed by atoms with Crippen LogP contribution in [-0.4, -0.2) is 54.1 Å².